The van der Waals surface area contributed by atoms with Gasteiger partial charge in [0.2, 0.25) is 17.8 Å². The summed E-state index contributed by atoms with van der Waals surface area (Å²) in [6.45, 7) is 7.78. The van der Waals surface area contributed by atoms with Gasteiger partial charge >= 0.3 is 0 Å². The summed E-state index contributed by atoms with van der Waals surface area (Å²) in [6.07, 6.45) is 1.01. The molecule has 0 radical (unpaired) electrons. The first-order chi connectivity index (χ1) is 10.1. The number of hydrogen-bond donors (Lipinski definition) is 2. The van der Waals surface area contributed by atoms with E-state index in [4.69, 9.17) is 15.2 Å². The van der Waals surface area contributed by atoms with Crippen molar-refractivity contribution in [2.45, 2.75) is 31.9 Å². The average molecular weight is 294 g/mol. The molecule has 3 heterocycles. The minimum absolute atomic E-state index is 0.0994. The number of nitrogens with zero attached hydrogens (tertiary/aromatic N) is 4. The Hall–Kier alpha value is -1.67. The lowest BCUT2D eigenvalue weighted by molar-refractivity contribution is 0.105. The monoisotopic (exact) mass is 294 g/mol. The molecule has 2 saturated heterocycles. The summed E-state index contributed by atoms with van der Waals surface area (Å²) in [5.41, 5.74) is 5.64. The minimum atomic E-state index is -0.184. The van der Waals surface area contributed by atoms with Gasteiger partial charge in [-0.05, 0) is 20.3 Å². The average Bonchev–Trinajstić information content (AvgIpc) is 2.78. The molecule has 2 atom stereocenters. The van der Waals surface area contributed by atoms with Crippen molar-refractivity contribution in [3.63, 3.8) is 0 Å². The normalized spacial score (nSPS) is 29.6. The Balaban J connectivity index is 1.80. The highest BCUT2D eigenvalue weighted by Gasteiger charge is 2.37. The van der Waals surface area contributed by atoms with Crippen LogP contribution in [0.3, 0.4) is 0 Å². The maximum Gasteiger partial charge on any atom is 0.232 e. The predicted molar refractivity (Wildman–Crippen MR) is 79.3 cm³/mol. The number of rotatable bonds is 3. The summed E-state index contributed by atoms with van der Waals surface area (Å²) in [7, 11) is 0. The fourth-order valence-corrected chi connectivity index (χ4v) is 2.60. The second-order valence-corrected chi connectivity index (χ2v) is 5.72. The fraction of sp³-hybridized carbons (Fsp3) is 0.769. The molecule has 0 aromatic carbocycles. The number of nitrogen functional groups attached to an aromatic ring is 1. The summed E-state index contributed by atoms with van der Waals surface area (Å²) in [5.74, 6) is 1.33. The van der Waals surface area contributed by atoms with Crippen molar-refractivity contribution >= 4 is 17.8 Å². The van der Waals surface area contributed by atoms with Gasteiger partial charge in [-0.25, -0.2) is 0 Å². The molecule has 2 aliphatic rings. The molecule has 1 aromatic heterocycles. The molecular formula is C13H22N6O2. The largest absolute Gasteiger partial charge is 0.378 e. The van der Waals surface area contributed by atoms with Gasteiger partial charge in [0.1, 0.15) is 0 Å². The number of aromatic nitrogens is 3. The summed E-state index contributed by atoms with van der Waals surface area (Å²) in [4.78, 5) is 15.0. The van der Waals surface area contributed by atoms with Gasteiger partial charge in [0, 0.05) is 19.7 Å². The summed E-state index contributed by atoms with van der Waals surface area (Å²) < 4.78 is 11.0. The van der Waals surface area contributed by atoms with Crippen LogP contribution in [-0.4, -0.2) is 59.5 Å². The number of hydrogen-bond acceptors (Lipinski definition) is 8. The fourth-order valence-electron chi connectivity index (χ4n) is 2.60. The Morgan fingerprint density at radius 1 is 1.24 bits per heavy atom. The molecule has 0 aliphatic carbocycles. The van der Waals surface area contributed by atoms with E-state index in [-0.39, 0.29) is 17.6 Å². The van der Waals surface area contributed by atoms with E-state index in [0.717, 1.165) is 26.1 Å². The highest BCUT2D eigenvalue weighted by molar-refractivity contribution is 5.43. The van der Waals surface area contributed by atoms with Crippen LogP contribution in [0.2, 0.25) is 0 Å². The number of morpholine rings is 1. The molecule has 8 heteroatoms. The van der Waals surface area contributed by atoms with Crippen molar-refractivity contribution in [3.8, 4) is 0 Å². The molecule has 0 bridgehead atoms. The Morgan fingerprint density at radius 2 is 2.00 bits per heavy atom. The Bertz CT molecular complexity index is 507. The maximum atomic E-state index is 5.83. The van der Waals surface area contributed by atoms with Crippen LogP contribution >= 0.6 is 0 Å². The maximum absolute atomic E-state index is 5.83. The predicted octanol–water partition coefficient (Wildman–Crippen LogP) is 0.270. The van der Waals surface area contributed by atoms with Crippen LogP contribution in [0.1, 0.15) is 20.3 Å². The molecule has 21 heavy (non-hydrogen) atoms. The summed E-state index contributed by atoms with van der Waals surface area (Å²) >= 11 is 0. The second-order valence-electron chi connectivity index (χ2n) is 5.72. The SMILES string of the molecule is CC1OCCC1(C)Nc1nc(N)nc(N2CCOCC2)n1. The highest BCUT2D eigenvalue weighted by Crippen LogP contribution is 2.28. The van der Waals surface area contributed by atoms with Gasteiger partial charge < -0.3 is 25.4 Å². The number of anilines is 3. The standard InChI is InChI=1S/C13H22N6O2/c1-9-13(2,3-6-21-9)18-11-15-10(14)16-12(17-11)19-4-7-20-8-5-19/h9H,3-8H2,1-2H3,(H3,14,15,16,17,18). The van der Waals surface area contributed by atoms with Crippen LogP contribution in [0, 0.1) is 0 Å². The molecule has 0 saturated carbocycles. The lowest BCUT2D eigenvalue weighted by Gasteiger charge is -2.30. The van der Waals surface area contributed by atoms with E-state index in [2.05, 4.69) is 32.1 Å². The van der Waals surface area contributed by atoms with E-state index in [1.54, 1.807) is 0 Å². The summed E-state index contributed by atoms with van der Waals surface area (Å²) in [5, 5.41) is 3.36. The highest BCUT2D eigenvalue weighted by atomic mass is 16.5. The van der Waals surface area contributed by atoms with Crippen LogP contribution in [0.4, 0.5) is 17.8 Å². The van der Waals surface area contributed by atoms with Crippen molar-refractivity contribution in [1.29, 1.82) is 0 Å². The molecule has 2 unspecified atom stereocenters. The number of ether oxygens (including phenoxy) is 2. The zero-order valence-electron chi connectivity index (χ0n) is 12.5. The van der Waals surface area contributed by atoms with E-state index in [0.29, 0.717) is 25.1 Å². The lowest BCUT2D eigenvalue weighted by Crippen LogP contribution is -2.42. The van der Waals surface area contributed by atoms with Crippen LogP contribution in [0.15, 0.2) is 0 Å². The lowest BCUT2D eigenvalue weighted by atomic mass is 9.95. The molecule has 0 spiro atoms. The number of nitrogens with one attached hydrogen (secondary N) is 1. The summed E-state index contributed by atoms with van der Waals surface area (Å²) in [6, 6.07) is 0. The van der Waals surface area contributed by atoms with E-state index in [1.807, 2.05) is 6.92 Å². The van der Waals surface area contributed by atoms with Gasteiger partial charge in [-0.2, -0.15) is 15.0 Å². The van der Waals surface area contributed by atoms with Gasteiger partial charge in [0.05, 0.1) is 24.9 Å². The van der Waals surface area contributed by atoms with Crippen LogP contribution in [0.25, 0.3) is 0 Å². The van der Waals surface area contributed by atoms with E-state index < -0.39 is 0 Å². The van der Waals surface area contributed by atoms with Gasteiger partial charge in [-0.1, -0.05) is 0 Å². The third-order valence-corrected chi connectivity index (χ3v) is 4.22. The molecule has 2 aliphatic heterocycles. The van der Waals surface area contributed by atoms with Gasteiger partial charge in [-0.15, -0.1) is 0 Å². The first kappa shape index (κ1) is 14.3. The van der Waals surface area contributed by atoms with E-state index in [9.17, 15) is 0 Å². The van der Waals surface area contributed by atoms with Gasteiger partial charge in [0.25, 0.3) is 0 Å². The molecule has 3 rings (SSSR count). The zero-order valence-corrected chi connectivity index (χ0v) is 12.5. The van der Waals surface area contributed by atoms with Gasteiger partial charge in [0.15, 0.2) is 0 Å². The Labute approximate surface area is 124 Å². The van der Waals surface area contributed by atoms with Crippen LogP contribution < -0.4 is 16.0 Å². The molecule has 3 N–H and O–H groups in total. The van der Waals surface area contributed by atoms with E-state index in [1.165, 1.54) is 0 Å². The molecule has 1 aromatic rings. The quantitative estimate of drug-likeness (QED) is 0.819. The molecule has 2 fully saturated rings. The first-order valence-corrected chi connectivity index (χ1v) is 7.31. The second kappa shape index (κ2) is 5.61. The van der Waals surface area contributed by atoms with Crippen molar-refractivity contribution < 1.29 is 9.47 Å². The third kappa shape index (κ3) is 3.01. The third-order valence-electron chi connectivity index (χ3n) is 4.22. The molecule has 0 amide bonds. The smallest absolute Gasteiger partial charge is 0.232 e. The van der Waals surface area contributed by atoms with Crippen LogP contribution in [-0.2, 0) is 9.47 Å². The molecular weight excluding hydrogens is 272 g/mol. The first-order valence-electron chi connectivity index (χ1n) is 7.31. The Kier molecular flexibility index (Phi) is 3.81. The van der Waals surface area contributed by atoms with Crippen LogP contribution in [0.5, 0.6) is 0 Å². The molecule has 8 nitrogen and oxygen atoms in total. The molecule has 116 valence electrons. The van der Waals surface area contributed by atoms with Gasteiger partial charge in [-0.3, -0.25) is 0 Å². The topological polar surface area (TPSA) is 98.4 Å². The van der Waals surface area contributed by atoms with Crippen molar-refractivity contribution in [2.24, 2.45) is 0 Å². The zero-order chi connectivity index (χ0) is 14.9. The Morgan fingerprint density at radius 3 is 2.67 bits per heavy atom. The van der Waals surface area contributed by atoms with Crippen molar-refractivity contribution in [1.82, 2.24) is 15.0 Å². The van der Waals surface area contributed by atoms with Crippen molar-refractivity contribution in [2.75, 3.05) is 48.9 Å². The minimum Gasteiger partial charge on any atom is -0.378 e. The number of nitrogens with two attached hydrogens (primary N) is 1. The van der Waals surface area contributed by atoms with Crippen molar-refractivity contribution in [3.05, 3.63) is 0 Å². The van der Waals surface area contributed by atoms with E-state index >= 15 is 0 Å².